The van der Waals surface area contributed by atoms with Crippen molar-refractivity contribution in [3.8, 4) is 6.07 Å². The maximum atomic E-state index is 11.9. The normalized spacial score (nSPS) is 16.5. The Morgan fingerprint density at radius 1 is 1.39 bits per heavy atom. The highest BCUT2D eigenvalue weighted by atomic mass is 16.3. The third-order valence-electron chi connectivity index (χ3n) is 4.13. The first kappa shape index (κ1) is 17.1. The van der Waals surface area contributed by atoms with Gasteiger partial charge in [0, 0.05) is 37.5 Å². The Kier molecular flexibility index (Phi) is 6.24. The number of hydrogen-bond acceptors (Lipinski definition) is 4. The molecule has 0 aliphatic carbocycles. The van der Waals surface area contributed by atoms with Crippen molar-refractivity contribution < 1.29 is 9.90 Å². The Balaban J connectivity index is 1.77. The zero-order valence-electron chi connectivity index (χ0n) is 13.5. The summed E-state index contributed by atoms with van der Waals surface area (Å²) in [5.74, 6) is 0. The first-order chi connectivity index (χ1) is 11.1. The zero-order chi connectivity index (χ0) is 16.7. The van der Waals surface area contributed by atoms with Gasteiger partial charge in [-0.05, 0) is 50.5 Å². The van der Waals surface area contributed by atoms with Gasteiger partial charge in [0.25, 0.3) is 0 Å². The second kappa shape index (κ2) is 8.39. The Morgan fingerprint density at radius 3 is 2.61 bits per heavy atom. The minimum atomic E-state index is -0.164. The lowest BCUT2D eigenvalue weighted by Gasteiger charge is -2.34. The van der Waals surface area contributed by atoms with Crippen molar-refractivity contribution in [2.24, 2.45) is 0 Å². The fraction of sp³-hybridized carbons (Fsp3) is 0.529. The number of hydrogen-bond donors (Lipinski definition) is 3. The summed E-state index contributed by atoms with van der Waals surface area (Å²) in [5, 5.41) is 23.5. The molecule has 1 fully saturated rings. The van der Waals surface area contributed by atoms with Gasteiger partial charge in [-0.2, -0.15) is 5.26 Å². The molecule has 1 aliphatic rings. The molecule has 2 rings (SSSR count). The molecule has 2 amide bonds. The molecular formula is C17H24N4O2. The van der Waals surface area contributed by atoms with E-state index in [4.69, 9.17) is 10.4 Å². The lowest BCUT2D eigenvalue weighted by Crippen LogP contribution is -2.49. The molecular weight excluding hydrogens is 292 g/mol. The highest BCUT2D eigenvalue weighted by molar-refractivity contribution is 5.74. The summed E-state index contributed by atoms with van der Waals surface area (Å²) in [5.41, 5.74) is 1.78. The predicted molar refractivity (Wildman–Crippen MR) is 89.2 cm³/mol. The van der Waals surface area contributed by atoms with E-state index in [1.54, 1.807) is 0 Å². The molecule has 1 heterocycles. The van der Waals surface area contributed by atoms with Crippen LogP contribution >= 0.6 is 0 Å². The topological polar surface area (TPSA) is 88.4 Å². The van der Waals surface area contributed by atoms with Crippen LogP contribution in [0.25, 0.3) is 0 Å². The van der Waals surface area contributed by atoms with Crippen LogP contribution in [0.4, 0.5) is 10.5 Å². The third-order valence-corrected chi connectivity index (χ3v) is 4.13. The van der Waals surface area contributed by atoms with Crippen molar-refractivity contribution in [1.82, 2.24) is 10.6 Å². The summed E-state index contributed by atoms with van der Waals surface area (Å²) in [6.07, 6.45) is 2.34. The van der Waals surface area contributed by atoms with E-state index in [2.05, 4.69) is 21.6 Å². The number of aliphatic hydroxyl groups excluding tert-OH is 1. The molecule has 1 aromatic rings. The smallest absolute Gasteiger partial charge is 0.315 e. The van der Waals surface area contributed by atoms with Crippen LogP contribution in [0.2, 0.25) is 0 Å². The maximum Gasteiger partial charge on any atom is 0.315 e. The van der Waals surface area contributed by atoms with Crippen LogP contribution < -0.4 is 15.5 Å². The number of rotatable bonds is 5. The van der Waals surface area contributed by atoms with Gasteiger partial charge >= 0.3 is 6.03 Å². The van der Waals surface area contributed by atoms with Crippen LogP contribution in [0, 0.1) is 11.3 Å². The second-order valence-corrected chi connectivity index (χ2v) is 5.95. The van der Waals surface area contributed by atoms with Gasteiger partial charge in [-0.15, -0.1) is 0 Å². The fourth-order valence-electron chi connectivity index (χ4n) is 2.75. The maximum absolute atomic E-state index is 11.9. The van der Waals surface area contributed by atoms with Crippen LogP contribution in [0.15, 0.2) is 24.3 Å². The summed E-state index contributed by atoms with van der Waals surface area (Å²) in [7, 11) is 0. The molecule has 23 heavy (non-hydrogen) atoms. The Hall–Kier alpha value is -2.26. The van der Waals surface area contributed by atoms with E-state index in [-0.39, 0.29) is 24.7 Å². The predicted octanol–water partition coefficient (Wildman–Crippen LogP) is 1.60. The summed E-state index contributed by atoms with van der Waals surface area (Å²) in [4.78, 5) is 14.1. The monoisotopic (exact) mass is 316 g/mol. The first-order valence-electron chi connectivity index (χ1n) is 8.05. The standard InChI is InChI=1S/C17H24N4O2/c1-13(8-11-22)19-17(23)20-15-6-9-21(10-7-15)16-4-2-14(12-18)3-5-16/h2-5,13,15,22H,6-11H2,1H3,(H2,19,20,23)/t13-/m1/s1. The molecule has 0 saturated carbocycles. The van der Waals surface area contributed by atoms with Gasteiger partial charge in [0.05, 0.1) is 11.6 Å². The van der Waals surface area contributed by atoms with Gasteiger partial charge in [-0.3, -0.25) is 0 Å². The van der Waals surface area contributed by atoms with Crippen LogP contribution in [-0.4, -0.2) is 42.9 Å². The average Bonchev–Trinajstić information content (AvgIpc) is 2.56. The van der Waals surface area contributed by atoms with E-state index >= 15 is 0 Å². The van der Waals surface area contributed by atoms with Gasteiger partial charge in [0.1, 0.15) is 0 Å². The Labute approximate surface area is 137 Å². The highest BCUT2D eigenvalue weighted by Crippen LogP contribution is 2.20. The second-order valence-electron chi connectivity index (χ2n) is 5.95. The van der Waals surface area contributed by atoms with Crippen LogP contribution in [0.5, 0.6) is 0 Å². The number of nitrogens with zero attached hydrogens (tertiary/aromatic N) is 2. The number of carbonyl (C=O) groups is 1. The molecule has 0 radical (unpaired) electrons. The van der Waals surface area contributed by atoms with Crippen molar-refractivity contribution in [1.29, 1.82) is 5.26 Å². The van der Waals surface area contributed by atoms with Gasteiger partial charge in [0.2, 0.25) is 0 Å². The van der Waals surface area contributed by atoms with Crippen LogP contribution in [-0.2, 0) is 0 Å². The van der Waals surface area contributed by atoms with E-state index in [1.165, 1.54) is 0 Å². The minimum Gasteiger partial charge on any atom is -0.396 e. The number of piperidine rings is 1. The summed E-state index contributed by atoms with van der Waals surface area (Å²) < 4.78 is 0. The molecule has 0 bridgehead atoms. The molecule has 1 aliphatic heterocycles. The number of benzene rings is 1. The summed E-state index contributed by atoms with van der Waals surface area (Å²) in [6.45, 7) is 3.71. The highest BCUT2D eigenvalue weighted by Gasteiger charge is 2.21. The molecule has 1 saturated heterocycles. The molecule has 0 spiro atoms. The van der Waals surface area contributed by atoms with Gasteiger partial charge in [0.15, 0.2) is 0 Å². The molecule has 124 valence electrons. The Bertz CT molecular complexity index is 545. The van der Waals surface area contributed by atoms with Crippen molar-refractivity contribution in [2.75, 3.05) is 24.6 Å². The number of nitrogens with one attached hydrogen (secondary N) is 2. The van der Waals surface area contributed by atoms with E-state index in [9.17, 15) is 4.79 Å². The van der Waals surface area contributed by atoms with Crippen LogP contribution in [0.3, 0.4) is 0 Å². The van der Waals surface area contributed by atoms with Crippen molar-refractivity contribution in [2.45, 2.75) is 38.3 Å². The van der Waals surface area contributed by atoms with Crippen molar-refractivity contribution in [3.05, 3.63) is 29.8 Å². The number of amides is 2. The molecule has 0 aromatic heterocycles. The Morgan fingerprint density at radius 2 is 2.04 bits per heavy atom. The number of anilines is 1. The summed E-state index contributed by atoms with van der Waals surface area (Å²) >= 11 is 0. The number of nitriles is 1. The van der Waals surface area contributed by atoms with E-state index in [1.807, 2.05) is 31.2 Å². The molecule has 1 aromatic carbocycles. The molecule has 3 N–H and O–H groups in total. The minimum absolute atomic E-state index is 0.0289. The lowest BCUT2D eigenvalue weighted by atomic mass is 10.0. The van der Waals surface area contributed by atoms with E-state index in [0.717, 1.165) is 31.6 Å². The van der Waals surface area contributed by atoms with Crippen LogP contribution in [0.1, 0.15) is 31.7 Å². The molecule has 6 nitrogen and oxygen atoms in total. The lowest BCUT2D eigenvalue weighted by molar-refractivity contribution is 0.225. The quantitative estimate of drug-likeness (QED) is 0.770. The third kappa shape index (κ3) is 5.15. The van der Waals surface area contributed by atoms with Gasteiger partial charge < -0.3 is 20.6 Å². The average molecular weight is 316 g/mol. The summed E-state index contributed by atoms with van der Waals surface area (Å²) in [6, 6.07) is 9.69. The molecule has 0 unspecified atom stereocenters. The van der Waals surface area contributed by atoms with Gasteiger partial charge in [-0.1, -0.05) is 0 Å². The van der Waals surface area contributed by atoms with E-state index in [0.29, 0.717) is 12.0 Å². The number of aliphatic hydroxyl groups is 1. The van der Waals surface area contributed by atoms with Crippen molar-refractivity contribution >= 4 is 11.7 Å². The van der Waals surface area contributed by atoms with Crippen molar-refractivity contribution in [3.63, 3.8) is 0 Å². The fourth-order valence-corrected chi connectivity index (χ4v) is 2.75. The number of urea groups is 1. The zero-order valence-corrected chi connectivity index (χ0v) is 13.5. The number of carbonyl (C=O) groups excluding carboxylic acids is 1. The van der Waals surface area contributed by atoms with E-state index < -0.39 is 0 Å². The first-order valence-corrected chi connectivity index (χ1v) is 8.05. The largest absolute Gasteiger partial charge is 0.396 e. The molecule has 1 atom stereocenters. The molecule has 6 heteroatoms. The SMILES string of the molecule is C[C@H](CCO)NC(=O)NC1CCN(c2ccc(C#N)cc2)CC1. The van der Waals surface area contributed by atoms with Gasteiger partial charge in [-0.25, -0.2) is 4.79 Å².